The third-order valence-electron chi connectivity index (χ3n) is 5.12. The molecule has 2 aromatic carbocycles. The minimum absolute atomic E-state index is 0.0508. The summed E-state index contributed by atoms with van der Waals surface area (Å²) in [6.07, 6.45) is -0.0508. The molecule has 160 valence electrons. The number of benzene rings is 2. The number of hydrogen-bond donors (Lipinski definition) is 0. The second-order valence-electron chi connectivity index (χ2n) is 8.57. The average Bonchev–Trinajstić information content (AvgIpc) is 2.70. The van der Waals surface area contributed by atoms with Gasteiger partial charge in [-0.3, -0.25) is 4.79 Å². The minimum Gasteiger partial charge on any atom is -0.457 e. The molecule has 0 saturated heterocycles. The molecule has 0 aliphatic carbocycles. The molecule has 0 bridgehead atoms. The van der Waals surface area contributed by atoms with Crippen molar-refractivity contribution in [3.8, 4) is 6.07 Å². The van der Waals surface area contributed by atoms with Crippen molar-refractivity contribution in [2.45, 2.75) is 52.2 Å². The lowest BCUT2D eigenvalue weighted by Gasteiger charge is -2.35. The van der Waals surface area contributed by atoms with Crippen molar-refractivity contribution in [2.24, 2.45) is 0 Å². The molecule has 1 heterocycles. The van der Waals surface area contributed by atoms with Gasteiger partial charge in [-0.2, -0.15) is 5.26 Å². The molecule has 0 spiro atoms. The van der Waals surface area contributed by atoms with Crippen molar-refractivity contribution in [2.75, 3.05) is 0 Å². The van der Waals surface area contributed by atoms with E-state index in [1.807, 2.05) is 6.07 Å². The molecule has 1 aliphatic heterocycles. The van der Waals surface area contributed by atoms with Crippen molar-refractivity contribution in [1.29, 1.82) is 5.26 Å². The quantitative estimate of drug-likeness (QED) is 0.665. The Morgan fingerprint density at radius 3 is 2.58 bits per heavy atom. The molecule has 31 heavy (non-hydrogen) atoms. The number of nitrogens with zero attached hydrogens (tertiary/aromatic N) is 2. The monoisotopic (exact) mass is 420 g/mol. The van der Waals surface area contributed by atoms with Gasteiger partial charge in [0.05, 0.1) is 23.8 Å². The van der Waals surface area contributed by atoms with Crippen LogP contribution in [0.1, 0.15) is 56.7 Å². The van der Waals surface area contributed by atoms with E-state index < -0.39 is 23.3 Å². The fourth-order valence-corrected chi connectivity index (χ4v) is 3.75. The molecule has 1 atom stereocenters. The van der Waals surface area contributed by atoms with Crippen LogP contribution in [0.4, 0.5) is 4.39 Å². The summed E-state index contributed by atoms with van der Waals surface area (Å²) in [7, 11) is 0. The number of hydrogen-bond acceptors (Lipinski definition) is 4. The number of nitriles is 1. The summed E-state index contributed by atoms with van der Waals surface area (Å²) >= 11 is 0. The van der Waals surface area contributed by atoms with Crippen molar-refractivity contribution in [3.63, 3.8) is 0 Å². The normalized spacial score (nSPS) is 16.8. The SMILES string of the molecule is CC1=C(C(=O)OC(C)(C)C)C(c2ccccc2F)CC(=O)N1Cc1cccc(C#N)c1. The van der Waals surface area contributed by atoms with Gasteiger partial charge in [-0.05, 0) is 57.0 Å². The molecule has 3 rings (SSSR count). The van der Waals surface area contributed by atoms with Gasteiger partial charge in [0.25, 0.3) is 0 Å². The molecule has 2 aromatic rings. The van der Waals surface area contributed by atoms with Crippen LogP contribution in [0, 0.1) is 17.1 Å². The number of amides is 1. The topological polar surface area (TPSA) is 70.4 Å². The molecule has 1 aliphatic rings. The summed E-state index contributed by atoms with van der Waals surface area (Å²) in [5.74, 6) is -1.99. The van der Waals surface area contributed by atoms with Crippen LogP contribution < -0.4 is 0 Å². The molecule has 1 unspecified atom stereocenters. The van der Waals surface area contributed by atoms with Crippen LogP contribution in [-0.2, 0) is 20.9 Å². The Balaban J connectivity index is 2.07. The number of allylic oxidation sites excluding steroid dienone is 1. The number of esters is 1. The summed E-state index contributed by atoms with van der Waals surface area (Å²) in [6, 6.07) is 15.2. The molecule has 0 saturated carbocycles. The fourth-order valence-electron chi connectivity index (χ4n) is 3.75. The van der Waals surface area contributed by atoms with Gasteiger partial charge in [-0.25, -0.2) is 9.18 Å². The maximum Gasteiger partial charge on any atom is 0.336 e. The van der Waals surface area contributed by atoms with Gasteiger partial charge in [-0.1, -0.05) is 30.3 Å². The highest BCUT2D eigenvalue weighted by Gasteiger charge is 2.39. The van der Waals surface area contributed by atoms with E-state index in [2.05, 4.69) is 6.07 Å². The number of carbonyl (C=O) groups excluding carboxylic acids is 2. The van der Waals surface area contributed by atoms with Crippen LogP contribution >= 0.6 is 0 Å². The molecule has 6 heteroatoms. The fraction of sp³-hybridized carbons (Fsp3) is 0.320. The molecule has 5 nitrogen and oxygen atoms in total. The zero-order valence-electron chi connectivity index (χ0n) is 18.1. The first-order valence-corrected chi connectivity index (χ1v) is 10.1. The van der Waals surface area contributed by atoms with Crippen LogP contribution in [0.5, 0.6) is 0 Å². The van der Waals surface area contributed by atoms with E-state index in [-0.39, 0.29) is 24.4 Å². The van der Waals surface area contributed by atoms with E-state index in [0.717, 1.165) is 5.56 Å². The predicted octanol–water partition coefficient (Wildman–Crippen LogP) is 4.83. The predicted molar refractivity (Wildman–Crippen MR) is 114 cm³/mol. The third kappa shape index (κ3) is 5.00. The van der Waals surface area contributed by atoms with Gasteiger partial charge in [0.1, 0.15) is 11.4 Å². The van der Waals surface area contributed by atoms with Crippen LogP contribution in [0.15, 0.2) is 59.8 Å². The average molecular weight is 420 g/mol. The second kappa shape index (κ2) is 8.73. The highest BCUT2D eigenvalue weighted by Crippen LogP contribution is 2.39. The van der Waals surface area contributed by atoms with E-state index in [4.69, 9.17) is 10.00 Å². The minimum atomic E-state index is -0.739. The van der Waals surface area contributed by atoms with E-state index >= 15 is 0 Å². The second-order valence-corrected chi connectivity index (χ2v) is 8.57. The van der Waals surface area contributed by atoms with E-state index in [0.29, 0.717) is 16.8 Å². The Morgan fingerprint density at radius 1 is 1.23 bits per heavy atom. The smallest absolute Gasteiger partial charge is 0.336 e. The van der Waals surface area contributed by atoms with Gasteiger partial charge in [0.15, 0.2) is 0 Å². The number of rotatable bonds is 4. The highest BCUT2D eigenvalue weighted by molar-refractivity contribution is 5.96. The molecule has 0 aromatic heterocycles. The standard InChI is InChI=1S/C25H25FN2O3/c1-16-23(24(30)31-25(2,3)4)20(19-10-5-6-11-21(19)26)13-22(29)28(16)15-18-9-7-8-17(12-18)14-27/h5-12,20H,13,15H2,1-4H3. The largest absolute Gasteiger partial charge is 0.457 e. The zero-order chi connectivity index (χ0) is 22.8. The molecular formula is C25H25FN2O3. The first-order valence-electron chi connectivity index (χ1n) is 10.1. The summed E-state index contributed by atoms with van der Waals surface area (Å²) in [5, 5.41) is 9.15. The van der Waals surface area contributed by atoms with E-state index in [9.17, 15) is 14.0 Å². The highest BCUT2D eigenvalue weighted by atomic mass is 19.1. The number of carbonyl (C=O) groups is 2. The van der Waals surface area contributed by atoms with Crippen LogP contribution in [-0.4, -0.2) is 22.4 Å². The van der Waals surface area contributed by atoms with Gasteiger partial charge in [-0.15, -0.1) is 0 Å². The summed E-state index contributed by atoms with van der Waals surface area (Å²) in [4.78, 5) is 27.7. The molecule has 0 fully saturated rings. The van der Waals surface area contributed by atoms with Gasteiger partial charge in [0, 0.05) is 18.0 Å². The maximum atomic E-state index is 14.6. The van der Waals surface area contributed by atoms with Gasteiger partial charge >= 0.3 is 5.97 Å². The van der Waals surface area contributed by atoms with Gasteiger partial charge in [0.2, 0.25) is 5.91 Å². The van der Waals surface area contributed by atoms with Crippen molar-refractivity contribution in [3.05, 3.63) is 82.3 Å². The molecular weight excluding hydrogens is 395 g/mol. The Morgan fingerprint density at radius 2 is 1.94 bits per heavy atom. The van der Waals surface area contributed by atoms with E-state index in [1.54, 1.807) is 64.1 Å². The van der Waals surface area contributed by atoms with Gasteiger partial charge < -0.3 is 9.64 Å². The summed E-state index contributed by atoms with van der Waals surface area (Å²) < 4.78 is 20.2. The Hall–Kier alpha value is -3.46. The van der Waals surface area contributed by atoms with Crippen LogP contribution in [0.2, 0.25) is 0 Å². The number of halogens is 1. The molecule has 0 radical (unpaired) electrons. The Labute approximate surface area is 181 Å². The van der Waals surface area contributed by atoms with Crippen LogP contribution in [0.25, 0.3) is 0 Å². The lowest BCUT2D eigenvalue weighted by atomic mass is 9.83. The number of ether oxygens (including phenoxy) is 1. The summed E-state index contributed by atoms with van der Waals surface area (Å²) in [6.45, 7) is 7.17. The third-order valence-corrected chi connectivity index (χ3v) is 5.12. The lowest BCUT2D eigenvalue weighted by Crippen LogP contribution is -2.39. The Kier molecular flexibility index (Phi) is 6.26. The van der Waals surface area contributed by atoms with Crippen molar-refractivity contribution < 1.29 is 18.7 Å². The zero-order valence-corrected chi connectivity index (χ0v) is 18.1. The van der Waals surface area contributed by atoms with E-state index in [1.165, 1.54) is 11.0 Å². The van der Waals surface area contributed by atoms with Crippen molar-refractivity contribution >= 4 is 11.9 Å². The molecule has 1 amide bonds. The van der Waals surface area contributed by atoms with Crippen molar-refractivity contribution in [1.82, 2.24) is 4.90 Å². The first-order chi connectivity index (χ1) is 14.6. The molecule has 0 N–H and O–H groups in total. The van der Waals surface area contributed by atoms with Crippen LogP contribution in [0.3, 0.4) is 0 Å². The first kappa shape index (κ1) is 22.2. The Bertz CT molecular complexity index is 1090. The lowest BCUT2D eigenvalue weighted by molar-refractivity contribution is -0.150. The summed E-state index contributed by atoms with van der Waals surface area (Å²) in [5.41, 5.74) is 1.51. The maximum absolute atomic E-state index is 14.6.